The van der Waals surface area contributed by atoms with Crippen molar-refractivity contribution in [1.29, 1.82) is 0 Å². The van der Waals surface area contributed by atoms with Crippen LogP contribution in [0, 0.1) is 0 Å². The Hall–Kier alpha value is -3.22. The van der Waals surface area contributed by atoms with E-state index in [1.165, 1.54) is 53.4 Å². The lowest BCUT2D eigenvalue weighted by Crippen LogP contribution is -2.13. The monoisotopic (exact) mass is 409 g/mol. The third-order valence-corrected chi connectivity index (χ3v) is 5.73. The lowest BCUT2D eigenvalue weighted by atomic mass is 9.95. The summed E-state index contributed by atoms with van der Waals surface area (Å²) in [7, 11) is 4.58. The summed E-state index contributed by atoms with van der Waals surface area (Å²) < 4.78 is 18.3. The van der Waals surface area contributed by atoms with Crippen LogP contribution in [0.3, 0.4) is 0 Å². The second-order valence-corrected chi connectivity index (χ2v) is 7.52. The quantitative estimate of drug-likeness (QED) is 0.632. The van der Waals surface area contributed by atoms with Gasteiger partial charge in [0.25, 0.3) is 5.91 Å². The highest BCUT2D eigenvalue weighted by molar-refractivity contribution is 6.05. The summed E-state index contributed by atoms with van der Waals surface area (Å²) in [6, 6.07) is 9.63. The Bertz CT molecular complexity index is 1030. The van der Waals surface area contributed by atoms with E-state index in [4.69, 9.17) is 14.2 Å². The van der Waals surface area contributed by atoms with Crippen molar-refractivity contribution in [3.8, 4) is 17.2 Å². The van der Waals surface area contributed by atoms with Crippen LogP contribution in [0.5, 0.6) is 17.2 Å². The number of anilines is 1. The minimum absolute atomic E-state index is 0.264. The van der Waals surface area contributed by atoms with Gasteiger partial charge in [0, 0.05) is 17.3 Å². The van der Waals surface area contributed by atoms with Gasteiger partial charge in [-0.15, -0.1) is 0 Å². The fourth-order valence-electron chi connectivity index (χ4n) is 4.18. The van der Waals surface area contributed by atoms with E-state index in [0.717, 1.165) is 11.0 Å². The number of rotatable bonds is 6. The van der Waals surface area contributed by atoms with Gasteiger partial charge in [-0.1, -0.05) is 19.3 Å². The van der Waals surface area contributed by atoms with E-state index >= 15 is 0 Å². The molecule has 3 aromatic rings. The molecular weight excluding hydrogens is 382 g/mol. The molecule has 7 heteroatoms. The van der Waals surface area contributed by atoms with E-state index < -0.39 is 0 Å². The van der Waals surface area contributed by atoms with Crippen LogP contribution in [0.15, 0.2) is 36.7 Å². The van der Waals surface area contributed by atoms with Crippen LogP contribution in [0.2, 0.25) is 0 Å². The third-order valence-electron chi connectivity index (χ3n) is 5.73. The number of hydrogen-bond donors (Lipinski definition) is 1. The number of hydrogen-bond acceptors (Lipinski definition) is 5. The van der Waals surface area contributed by atoms with Crippen molar-refractivity contribution in [1.82, 2.24) is 9.55 Å². The summed E-state index contributed by atoms with van der Waals surface area (Å²) >= 11 is 0. The highest BCUT2D eigenvalue weighted by atomic mass is 16.5. The Balaban J connectivity index is 1.57. The lowest BCUT2D eigenvalue weighted by molar-refractivity contribution is 0.102. The fraction of sp³-hybridized carbons (Fsp3) is 0.391. The molecule has 7 nitrogen and oxygen atoms in total. The van der Waals surface area contributed by atoms with Crippen LogP contribution in [0.1, 0.15) is 48.5 Å². The van der Waals surface area contributed by atoms with Gasteiger partial charge in [0.2, 0.25) is 5.75 Å². The van der Waals surface area contributed by atoms with E-state index in [2.05, 4.69) is 14.9 Å². The summed E-state index contributed by atoms with van der Waals surface area (Å²) in [5, 5.41) is 2.94. The summed E-state index contributed by atoms with van der Waals surface area (Å²) in [6.45, 7) is 0. The number of carbonyl (C=O) groups is 1. The highest BCUT2D eigenvalue weighted by Crippen LogP contribution is 2.38. The molecule has 30 heavy (non-hydrogen) atoms. The van der Waals surface area contributed by atoms with E-state index in [0.29, 0.717) is 34.5 Å². The largest absolute Gasteiger partial charge is 0.493 e. The van der Waals surface area contributed by atoms with Gasteiger partial charge < -0.3 is 24.1 Å². The minimum atomic E-state index is -0.264. The van der Waals surface area contributed by atoms with Gasteiger partial charge in [0.05, 0.1) is 38.7 Å². The van der Waals surface area contributed by atoms with Crippen LogP contribution in [-0.2, 0) is 0 Å². The summed E-state index contributed by atoms with van der Waals surface area (Å²) in [5.41, 5.74) is 3.09. The number of nitrogens with one attached hydrogen (secondary N) is 1. The van der Waals surface area contributed by atoms with Gasteiger partial charge in [-0.2, -0.15) is 0 Å². The molecule has 0 aliphatic heterocycles. The van der Waals surface area contributed by atoms with Gasteiger partial charge >= 0.3 is 0 Å². The Morgan fingerprint density at radius 1 is 1.00 bits per heavy atom. The molecule has 0 radical (unpaired) electrons. The number of amides is 1. The smallest absolute Gasteiger partial charge is 0.255 e. The zero-order valence-electron chi connectivity index (χ0n) is 17.6. The first-order valence-electron chi connectivity index (χ1n) is 10.2. The molecule has 2 aromatic carbocycles. The molecule has 1 fully saturated rings. The van der Waals surface area contributed by atoms with Gasteiger partial charge in [-0.25, -0.2) is 4.98 Å². The molecule has 0 unspecified atom stereocenters. The van der Waals surface area contributed by atoms with E-state index in [9.17, 15) is 4.79 Å². The molecule has 4 rings (SSSR count). The molecule has 1 aliphatic carbocycles. The minimum Gasteiger partial charge on any atom is -0.493 e. The van der Waals surface area contributed by atoms with Crippen molar-refractivity contribution >= 4 is 22.6 Å². The molecule has 1 aromatic heterocycles. The number of methoxy groups -OCH3 is 3. The molecule has 0 spiro atoms. The molecule has 0 saturated heterocycles. The van der Waals surface area contributed by atoms with Crippen LogP contribution < -0.4 is 19.5 Å². The number of benzene rings is 2. The summed E-state index contributed by atoms with van der Waals surface area (Å²) in [5.74, 6) is 1.05. The molecule has 1 N–H and O–H groups in total. The normalized spacial score (nSPS) is 14.5. The van der Waals surface area contributed by atoms with Crippen LogP contribution in [0.25, 0.3) is 11.0 Å². The van der Waals surface area contributed by atoms with Gasteiger partial charge in [0.1, 0.15) is 0 Å². The number of fused-ring (bicyclic) bond motifs is 1. The maximum Gasteiger partial charge on any atom is 0.255 e. The second-order valence-electron chi connectivity index (χ2n) is 7.52. The molecule has 1 aliphatic rings. The lowest BCUT2D eigenvalue weighted by Gasteiger charge is -2.23. The van der Waals surface area contributed by atoms with Crippen LogP contribution in [0.4, 0.5) is 5.69 Å². The fourth-order valence-corrected chi connectivity index (χ4v) is 4.18. The number of nitrogens with zero attached hydrogens (tertiary/aromatic N) is 2. The van der Waals surface area contributed by atoms with Crippen molar-refractivity contribution in [3.05, 3.63) is 42.2 Å². The number of aromatic nitrogens is 2. The zero-order chi connectivity index (χ0) is 21.1. The van der Waals surface area contributed by atoms with Crippen LogP contribution >= 0.6 is 0 Å². The van der Waals surface area contributed by atoms with Crippen molar-refractivity contribution in [2.75, 3.05) is 26.6 Å². The predicted molar refractivity (Wildman–Crippen MR) is 116 cm³/mol. The SMILES string of the molecule is COc1cc(C(=O)Nc2ccc3c(c2)ncn3C2CCCCC2)cc(OC)c1OC. The van der Waals surface area contributed by atoms with Gasteiger partial charge in [-0.05, 0) is 43.2 Å². The Morgan fingerprint density at radius 3 is 2.33 bits per heavy atom. The number of ether oxygens (including phenoxy) is 3. The first-order chi connectivity index (χ1) is 14.6. The molecule has 1 heterocycles. The highest BCUT2D eigenvalue weighted by Gasteiger charge is 2.19. The molecular formula is C23H27N3O4. The van der Waals surface area contributed by atoms with E-state index in [-0.39, 0.29) is 5.91 Å². The average molecular weight is 409 g/mol. The number of imidazole rings is 1. The average Bonchev–Trinajstić information content (AvgIpc) is 3.21. The first kappa shape index (κ1) is 20.1. The van der Waals surface area contributed by atoms with Crippen molar-refractivity contribution in [3.63, 3.8) is 0 Å². The Morgan fingerprint density at radius 2 is 1.70 bits per heavy atom. The summed E-state index contributed by atoms with van der Waals surface area (Å²) in [4.78, 5) is 17.4. The summed E-state index contributed by atoms with van der Waals surface area (Å²) in [6.07, 6.45) is 8.18. The van der Waals surface area contributed by atoms with Crippen molar-refractivity contribution in [2.24, 2.45) is 0 Å². The van der Waals surface area contributed by atoms with Crippen molar-refractivity contribution in [2.45, 2.75) is 38.1 Å². The topological polar surface area (TPSA) is 74.6 Å². The van der Waals surface area contributed by atoms with Crippen LogP contribution in [-0.4, -0.2) is 36.8 Å². The maximum absolute atomic E-state index is 12.8. The zero-order valence-corrected chi connectivity index (χ0v) is 17.6. The maximum atomic E-state index is 12.8. The van der Waals surface area contributed by atoms with Gasteiger partial charge in [0.15, 0.2) is 11.5 Å². The standard InChI is InChI=1S/C23H27N3O4/c1-28-20-11-15(12-21(29-2)22(20)30-3)23(27)25-16-9-10-19-18(13-16)24-14-26(19)17-7-5-4-6-8-17/h9-14,17H,4-8H2,1-3H3,(H,25,27). The Kier molecular flexibility index (Phi) is 5.79. The van der Waals surface area contributed by atoms with Crippen molar-refractivity contribution < 1.29 is 19.0 Å². The van der Waals surface area contributed by atoms with E-state index in [1.54, 1.807) is 12.1 Å². The molecule has 0 bridgehead atoms. The third kappa shape index (κ3) is 3.79. The second kappa shape index (κ2) is 8.65. The van der Waals surface area contributed by atoms with Gasteiger partial charge in [-0.3, -0.25) is 4.79 Å². The molecule has 1 amide bonds. The first-order valence-corrected chi connectivity index (χ1v) is 10.2. The predicted octanol–water partition coefficient (Wildman–Crippen LogP) is 4.82. The number of carbonyl (C=O) groups excluding carboxylic acids is 1. The van der Waals surface area contributed by atoms with E-state index in [1.807, 2.05) is 24.5 Å². The molecule has 0 atom stereocenters. The molecule has 158 valence electrons. The Labute approximate surface area is 176 Å². The molecule has 1 saturated carbocycles.